The highest BCUT2D eigenvalue weighted by Crippen LogP contribution is 2.24. The summed E-state index contributed by atoms with van der Waals surface area (Å²) in [4.78, 5) is 0.220. The van der Waals surface area contributed by atoms with Gasteiger partial charge in [0.25, 0.3) is 0 Å². The van der Waals surface area contributed by atoms with E-state index in [1.54, 1.807) is 12.1 Å². The maximum Gasteiger partial charge on any atom is 0.240 e. The van der Waals surface area contributed by atoms with E-state index in [-0.39, 0.29) is 10.9 Å². The standard InChI is InChI=1S/C12H17BrN2O3S/c1-18-11-6-9(13)7-12(8-11)19(16,17)15-10-2-4-14-5-3-10/h6-8,10,14-15H,2-5H2,1H3. The first-order valence-electron chi connectivity index (χ1n) is 6.09. The van der Waals surface area contributed by atoms with E-state index >= 15 is 0 Å². The van der Waals surface area contributed by atoms with E-state index in [0.29, 0.717) is 10.2 Å². The van der Waals surface area contributed by atoms with Crippen molar-refractivity contribution in [2.75, 3.05) is 20.2 Å². The molecule has 0 unspecified atom stereocenters. The summed E-state index contributed by atoms with van der Waals surface area (Å²) in [6.45, 7) is 1.68. The summed E-state index contributed by atoms with van der Waals surface area (Å²) in [5, 5.41) is 3.21. The molecule has 0 amide bonds. The highest BCUT2D eigenvalue weighted by Gasteiger charge is 2.22. The molecule has 7 heteroatoms. The Morgan fingerprint density at radius 3 is 2.63 bits per heavy atom. The van der Waals surface area contributed by atoms with Crippen LogP contribution >= 0.6 is 15.9 Å². The van der Waals surface area contributed by atoms with Crippen LogP contribution in [0.2, 0.25) is 0 Å². The predicted molar refractivity (Wildman–Crippen MR) is 76.9 cm³/mol. The van der Waals surface area contributed by atoms with Gasteiger partial charge in [-0.1, -0.05) is 15.9 Å². The van der Waals surface area contributed by atoms with E-state index in [2.05, 4.69) is 26.0 Å². The number of ether oxygens (including phenoxy) is 1. The van der Waals surface area contributed by atoms with Crippen LogP contribution in [0.3, 0.4) is 0 Å². The maximum atomic E-state index is 12.3. The fourth-order valence-corrected chi connectivity index (χ4v) is 4.03. The largest absolute Gasteiger partial charge is 0.497 e. The number of methoxy groups -OCH3 is 1. The minimum atomic E-state index is -3.50. The average Bonchev–Trinajstić information content (AvgIpc) is 2.38. The molecule has 0 saturated carbocycles. The Hall–Kier alpha value is -0.630. The van der Waals surface area contributed by atoms with Crippen LogP contribution in [0.15, 0.2) is 27.6 Å². The van der Waals surface area contributed by atoms with Gasteiger partial charge in [0.2, 0.25) is 10.0 Å². The van der Waals surface area contributed by atoms with E-state index < -0.39 is 10.0 Å². The molecule has 0 aliphatic carbocycles. The van der Waals surface area contributed by atoms with Gasteiger partial charge in [-0.25, -0.2) is 13.1 Å². The van der Waals surface area contributed by atoms with Gasteiger partial charge in [0.05, 0.1) is 12.0 Å². The van der Waals surface area contributed by atoms with E-state index in [1.165, 1.54) is 13.2 Å². The molecule has 2 N–H and O–H groups in total. The number of piperidine rings is 1. The van der Waals surface area contributed by atoms with Crippen molar-refractivity contribution in [3.05, 3.63) is 22.7 Å². The van der Waals surface area contributed by atoms with E-state index in [1.807, 2.05) is 0 Å². The molecule has 1 aromatic rings. The van der Waals surface area contributed by atoms with E-state index in [0.717, 1.165) is 25.9 Å². The summed E-state index contributed by atoms with van der Waals surface area (Å²) in [6, 6.07) is 4.82. The van der Waals surface area contributed by atoms with E-state index in [4.69, 9.17) is 4.74 Å². The molecule has 1 heterocycles. The lowest BCUT2D eigenvalue weighted by Gasteiger charge is -2.23. The van der Waals surface area contributed by atoms with Crippen molar-refractivity contribution in [1.82, 2.24) is 10.0 Å². The Labute approximate surface area is 121 Å². The second kappa shape index (κ2) is 6.21. The van der Waals surface area contributed by atoms with Crippen molar-refractivity contribution in [2.24, 2.45) is 0 Å². The van der Waals surface area contributed by atoms with Gasteiger partial charge < -0.3 is 10.1 Å². The maximum absolute atomic E-state index is 12.3. The molecule has 0 bridgehead atoms. The zero-order valence-corrected chi connectivity index (χ0v) is 13.1. The van der Waals surface area contributed by atoms with Crippen LogP contribution in [0.5, 0.6) is 5.75 Å². The average molecular weight is 349 g/mol. The third-order valence-corrected chi connectivity index (χ3v) is 5.01. The molecule has 0 aromatic heterocycles. The van der Waals surface area contributed by atoms with Crippen LogP contribution < -0.4 is 14.8 Å². The summed E-state index contributed by atoms with van der Waals surface area (Å²) in [6.07, 6.45) is 1.62. The van der Waals surface area contributed by atoms with Crippen LogP contribution in [-0.4, -0.2) is 34.7 Å². The first-order valence-corrected chi connectivity index (χ1v) is 8.36. The number of hydrogen-bond acceptors (Lipinski definition) is 4. The Morgan fingerprint density at radius 1 is 1.32 bits per heavy atom. The van der Waals surface area contributed by atoms with Crippen LogP contribution in [0.4, 0.5) is 0 Å². The molecule has 1 fully saturated rings. The van der Waals surface area contributed by atoms with Gasteiger partial charge in [0, 0.05) is 16.6 Å². The molecule has 1 aliphatic heterocycles. The number of halogens is 1. The number of sulfonamides is 1. The highest BCUT2D eigenvalue weighted by molar-refractivity contribution is 9.10. The van der Waals surface area contributed by atoms with Gasteiger partial charge in [-0.15, -0.1) is 0 Å². The van der Waals surface area contributed by atoms with Gasteiger partial charge in [-0.05, 0) is 38.1 Å². The second-order valence-corrected chi connectivity index (χ2v) is 7.10. The third kappa shape index (κ3) is 3.92. The fraction of sp³-hybridized carbons (Fsp3) is 0.500. The molecule has 19 heavy (non-hydrogen) atoms. The van der Waals surface area contributed by atoms with Crippen molar-refractivity contribution < 1.29 is 13.2 Å². The topological polar surface area (TPSA) is 67.4 Å². The van der Waals surface area contributed by atoms with Gasteiger partial charge in [-0.2, -0.15) is 0 Å². The lowest BCUT2D eigenvalue weighted by atomic mass is 10.1. The van der Waals surface area contributed by atoms with Crippen molar-refractivity contribution in [3.63, 3.8) is 0 Å². The monoisotopic (exact) mass is 348 g/mol. The molecular weight excluding hydrogens is 332 g/mol. The molecule has 106 valence electrons. The SMILES string of the molecule is COc1cc(Br)cc(S(=O)(=O)NC2CCNCC2)c1. The fourth-order valence-electron chi connectivity index (χ4n) is 2.04. The quantitative estimate of drug-likeness (QED) is 0.864. The lowest BCUT2D eigenvalue weighted by Crippen LogP contribution is -2.42. The van der Waals surface area contributed by atoms with E-state index in [9.17, 15) is 8.42 Å². The molecular formula is C12H17BrN2O3S. The second-order valence-electron chi connectivity index (χ2n) is 4.47. The molecule has 0 spiro atoms. The lowest BCUT2D eigenvalue weighted by molar-refractivity contribution is 0.412. The number of rotatable bonds is 4. The Kier molecular flexibility index (Phi) is 4.83. The molecule has 5 nitrogen and oxygen atoms in total. The smallest absolute Gasteiger partial charge is 0.240 e. The van der Waals surface area contributed by atoms with Crippen LogP contribution in [0, 0.1) is 0 Å². The summed E-state index contributed by atoms with van der Waals surface area (Å²) < 4.78 is 33.1. The van der Waals surface area contributed by atoms with Crippen LogP contribution in [-0.2, 0) is 10.0 Å². The summed E-state index contributed by atoms with van der Waals surface area (Å²) in [5.41, 5.74) is 0. The summed E-state index contributed by atoms with van der Waals surface area (Å²) >= 11 is 3.29. The number of benzene rings is 1. The zero-order valence-electron chi connectivity index (χ0n) is 10.6. The first kappa shape index (κ1) is 14.8. The van der Waals surface area contributed by atoms with Gasteiger partial charge in [0.15, 0.2) is 0 Å². The Morgan fingerprint density at radius 2 is 2.00 bits per heavy atom. The minimum absolute atomic E-state index is 0.00349. The molecule has 2 rings (SSSR count). The molecule has 1 saturated heterocycles. The summed E-state index contributed by atoms with van der Waals surface area (Å²) in [5.74, 6) is 0.514. The van der Waals surface area contributed by atoms with Gasteiger partial charge in [-0.3, -0.25) is 0 Å². The molecule has 1 aromatic carbocycles. The van der Waals surface area contributed by atoms with Gasteiger partial charge in [0.1, 0.15) is 5.75 Å². The normalized spacial score (nSPS) is 17.4. The van der Waals surface area contributed by atoms with Gasteiger partial charge >= 0.3 is 0 Å². The van der Waals surface area contributed by atoms with Crippen LogP contribution in [0.25, 0.3) is 0 Å². The van der Waals surface area contributed by atoms with Crippen molar-refractivity contribution >= 4 is 26.0 Å². The zero-order chi connectivity index (χ0) is 13.9. The van der Waals surface area contributed by atoms with Crippen molar-refractivity contribution in [1.29, 1.82) is 0 Å². The van der Waals surface area contributed by atoms with Crippen molar-refractivity contribution in [2.45, 2.75) is 23.8 Å². The molecule has 1 aliphatic rings. The Bertz CT molecular complexity index is 542. The first-order chi connectivity index (χ1) is 9.01. The molecule has 0 radical (unpaired) electrons. The highest BCUT2D eigenvalue weighted by atomic mass is 79.9. The minimum Gasteiger partial charge on any atom is -0.497 e. The molecule has 0 atom stereocenters. The third-order valence-electron chi connectivity index (χ3n) is 3.05. The Balaban J connectivity index is 2.20. The predicted octanol–water partition coefficient (Wildman–Crippen LogP) is 1.49. The van der Waals surface area contributed by atoms with Crippen LogP contribution in [0.1, 0.15) is 12.8 Å². The number of hydrogen-bond donors (Lipinski definition) is 2. The number of nitrogens with one attached hydrogen (secondary N) is 2. The van der Waals surface area contributed by atoms with Crippen molar-refractivity contribution in [3.8, 4) is 5.75 Å². The summed E-state index contributed by atoms with van der Waals surface area (Å²) in [7, 11) is -1.99.